The molecular formula is C17H24Cl2F4N2O. The standard InChI is InChI=1S/C17H22F4N2O.2ClH/c18-16(19)17(20,21)24-14-3-1-2-13(11-14)15(10-12-4-5-12)23-8-6-22-7-9-23;;/h1-3,11-12,15-16,22H,4-10H2;2*1H/t15-;;/m0../s1. The molecule has 1 N–H and O–H groups in total. The van der Waals surface area contributed by atoms with Crippen LogP contribution in [0.25, 0.3) is 0 Å². The average molecular weight is 419 g/mol. The number of nitrogens with one attached hydrogen (secondary N) is 1. The number of halogens is 6. The van der Waals surface area contributed by atoms with Gasteiger partial charge in [0.1, 0.15) is 5.75 Å². The summed E-state index contributed by atoms with van der Waals surface area (Å²) in [7, 11) is 0. The lowest BCUT2D eigenvalue weighted by Crippen LogP contribution is -2.45. The topological polar surface area (TPSA) is 24.5 Å². The molecule has 0 radical (unpaired) electrons. The summed E-state index contributed by atoms with van der Waals surface area (Å²) < 4.78 is 55.2. The lowest BCUT2D eigenvalue weighted by atomic mass is 9.98. The average Bonchev–Trinajstić information content (AvgIpc) is 3.37. The molecule has 9 heteroatoms. The SMILES string of the molecule is Cl.Cl.FC(F)C(F)(F)Oc1cccc([C@H](CC2CC2)N2CCNCC2)c1. The second-order valence-electron chi connectivity index (χ2n) is 6.52. The number of nitrogens with zero attached hydrogens (tertiary/aromatic N) is 1. The minimum atomic E-state index is -4.47. The van der Waals surface area contributed by atoms with Crippen LogP contribution >= 0.6 is 24.8 Å². The van der Waals surface area contributed by atoms with Crippen molar-refractivity contribution in [2.45, 2.75) is 37.8 Å². The molecule has 1 aliphatic carbocycles. The van der Waals surface area contributed by atoms with Crippen molar-refractivity contribution >= 4 is 24.8 Å². The van der Waals surface area contributed by atoms with Crippen LogP contribution < -0.4 is 10.1 Å². The molecule has 2 aliphatic rings. The fourth-order valence-corrected chi connectivity index (χ4v) is 3.15. The van der Waals surface area contributed by atoms with E-state index in [2.05, 4.69) is 15.0 Å². The highest BCUT2D eigenvalue weighted by molar-refractivity contribution is 5.85. The summed E-state index contributed by atoms with van der Waals surface area (Å²) >= 11 is 0. The molecule has 3 nitrogen and oxygen atoms in total. The largest absolute Gasteiger partial charge is 0.461 e. The fraction of sp³-hybridized carbons (Fsp3) is 0.647. The van der Waals surface area contributed by atoms with Crippen LogP contribution in [0.5, 0.6) is 5.75 Å². The van der Waals surface area contributed by atoms with E-state index in [1.54, 1.807) is 6.07 Å². The maximum Gasteiger partial charge on any atom is 0.461 e. The highest BCUT2D eigenvalue weighted by Gasteiger charge is 2.44. The zero-order valence-electron chi connectivity index (χ0n) is 14.2. The van der Waals surface area contributed by atoms with Gasteiger partial charge in [0.15, 0.2) is 0 Å². The molecule has 0 spiro atoms. The molecule has 1 aliphatic heterocycles. The minimum Gasteiger partial charge on any atom is -0.428 e. The molecule has 0 aromatic heterocycles. The molecule has 1 aromatic carbocycles. The first-order chi connectivity index (χ1) is 11.5. The summed E-state index contributed by atoms with van der Waals surface area (Å²) in [6.45, 7) is 3.55. The van der Waals surface area contributed by atoms with Crippen LogP contribution in [0.1, 0.15) is 30.9 Å². The number of hydrogen-bond donors (Lipinski definition) is 1. The van der Waals surface area contributed by atoms with Crippen LogP contribution in [0.4, 0.5) is 17.6 Å². The molecule has 1 atom stereocenters. The number of alkyl halides is 4. The first-order valence-corrected chi connectivity index (χ1v) is 8.35. The molecule has 1 saturated heterocycles. The third kappa shape index (κ3) is 6.15. The monoisotopic (exact) mass is 418 g/mol. The molecular weight excluding hydrogens is 395 g/mol. The third-order valence-corrected chi connectivity index (χ3v) is 4.60. The van der Waals surface area contributed by atoms with Gasteiger partial charge in [0.25, 0.3) is 0 Å². The number of ether oxygens (including phenoxy) is 1. The third-order valence-electron chi connectivity index (χ3n) is 4.60. The molecule has 26 heavy (non-hydrogen) atoms. The van der Waals surface area contributed by atoms with Gasteiger partial charge in [-0.15, -0.1) is 24.8 Å². The van der Waals surface area contributed by atoms with Gasteiger partial charge in [-0.3, -0.25) is 4.90 Å². The zero-order chi connectivity index (χ0) is 17.2. The predicted octanol–water partition coefficient (Wildman–Crippen LogP) is 4.51. The van der Waals surface area contributed by atoms with Crippen molar-refractivity contribution in [2.24, 2.45) is 5.92 Å². The number of hydrogen-bond acceptors (Lipinski definition) is 3. The summed E-state index contributed by atoms with van der Waals surface area (Å²) in [5.41, 5.74) is 0.853. The van der Waals surface area contributed by atoms with Gasteiger partial charge in [0, 0.05) is 32.2 Å². The normalized spacial score (nSPS) is 19.4. The summed E-state index contributed by atoms with van der Waals surface area (Å²) in [5.74, 6) is 0.450. The van der Waals surface area contributed by atoms with Crippen molar-refractivity contribution in [1.82, 2.24) is 10.2 Å². The molecule has 1 saturated carbocycles. The first-order valence-electron chi connectivity index (χ1n) is 8.35. The van der Waals surface area contributed by atoms with E-state index in [-0.39, 0.29) is 36.6 Å². The molecule has 1 aromatic rings. The first kappa shape index (κ1) is 23.3. The fourth-order valence-electron chi connectivity index (χ4n) is 3.15. The van der Waals surface area contributed by atoms with E-state index >= 15 is 0 Å². The summed E-state index contributed by atoms with van der Waals surface area (Å²) in [5, 5.41) is 3.30. The predicted molar refractivity (Wildman–Crippen MR) is 97.0 cm³/mol. The number of piperazine rings is 1. The van der Waals surface area contributed by atoms with Crippen LogP contribution in [-0.2, 0) is 0 Å². The van der Waals surface area contributed by atoms with E-state index in [9.17, 15) is 17.6 Å². The van der Waals surface area contributed by atoms with Crippen LogP contribution in [0, 0.1) is 5.92 Å². The van der Waals surface area contributed by atoms with Gasteiger partial charge >= 0.3 is 12.5 Å². The summed E-state index contributed by atoms with van der Waals surface area (Å²) in [6, 6.07) is 6.34. The Kier molecular flexibility index (Phi) is 8.93. The van der Waals surface area contributed by atoms with Gasteiger partial charge in [-0.05, 0) is 30.0 Å². The Morgan fingerprint density at radius 1 is 1.15 bits per heavy atom. The Bertz CT molecular complexity index is 555. The van der Waals surface area contributed by atoms with Gasteiger partial charge in [-0.2, -0.15) is 17.6 Å². The van der Waals surface area contributed by atoms with Gasteiger partial charge in [-0.1, -0.05) is 25.0 Å². The Morgan fingerprint density at radius 2 is 1.81 bits per heavy atom. The smallest absolute Gasteiger partial charge is 0.428 e. The van der Waals surface area contributed by atoms with Crippen molar-refractivity contribution in [1.29, 1.82) is 0 Å². The Hall–Kier alpha value is -0.760. The van der Waals surface area contributed by atoms with Gasteiger partial charge in [0.05, 0.1) is 0 Å². The van der Waals surface area contributed by atoms with Crippen molar-refractivity contribution in [3.05, 3.63) is 29.8 Å². The molecule has 150 valence electrons. The van der Waals surface area contributed by atoms with E-state index < -0.39 is 12.5 Å². The van der Waals surface area contributed by atoms with E-state index in [1.807, 2.05) is 6.07 Å². The molecule has 0 bridgehead atoms. The highest BCUT2D eigenvalue weighted by Crippen LogP contribution is 2.41. The second-order valence-corrected chi connectivity index (χ2v) is 6.52. The zero-order valence-corrected chi connectivity index (χ0v) is 15.8. The Morgan fingerprint density at radius 3 is 2.38 bits per heavy atom. The summed E-state index contributed by atoms with van der Waals surface area (Å²) in [6.07, 6.45) is -4.96. The highest BCUT2D eigenvalue weighted by atomic mass is 35.5. The van der Waals surface area contributed by atoms with Crippen molar-refractivity contribution < 1.29 is 22.3 Å². The van der Waals surface area contributed by atoms with Crippen molar-refractivity contribution in [3.8, 4) is 5.75 Å². The maximum atomic E-state index is 13.1. The molecule has 0 amide bonds. The lowest BCUT2D eigenvalue weighted by molar-refractivity contribution is -0.253. The van der Waals surface area contributed by atoms with Crippen molar-refractivity contribution in [2.75, 3.05) is 26.2 Å². The molecule has 3 rings (SSSR count). The van der Waals surface area contributed by atoms with Gasteiger partial charge in [0.2, 0.25) is 0 Å². The van der Waals surface area contributed by atoms with E-state index in [0.29, 0.717) is 5.92 Å². The number of benzene rings is 1. The van der Waals surface area contributed by atoms with Crippen molar-refractivity contribution in [3.63, 3.8) is 0 Å². The maximum absolute atomic E-state index is 13.1. The van der Waals surface area contributed by atoms with Crippen LogP contribution in [0.2, 0.25) is 0 Å². The van der Waals surface area contributed by atoms with Gasteiger partial charge < -0.3 is 10.1 Å². The summed E-state index contributed by atoms with van der Waals surface area (Å²) in [4.78, 5) is 2.33. The van der Waals surface area contributed by atoms with E-state index in [4.69, 9.17) is 0 Å². The quantitative estimate of drug-likeness (QED) is 0.659. The van der Waals surface area contributed by atoms with E-state index in [1.165, 1.54) is 25.0 Å². The second kappa shape index (κ2) is 9.97. The van der Waals surface area contributed by atoms with E-state index in [0.717, 1.165) is 38.2 Å². The molecule has 2 fully saturated rings. The van der Waals surface area contributed by atoms with Gasteiger partial charge in [-0.25, -0.2) is 0 Å². The van der Waals surface area contributed by atoms with Crippen LogP contribution in [0.3, 0.4) is 0 Å². The van der Waals surface area contributed by atoms with Crippen LogP contribution in [0.15, 0.2) is 24.3 Å². The number of rotatable bonds is 7. The molecule has 1 heterocycles. The Balaban J connectivity index is 0.00000169. The lowest BCUT2D eigenvalue weighted by Gasteiger charge is -2.35. The molecule has 0 unspecified atom stereocenters. The Labute approximate surface area is 163 Å². The minimum absolute atomic E-state index is 0. The van der Waals surface area contributed by atoms with Crippen LogP contribution in [-0.4, -0.2) is 43.6 Å².